The van der Waals surface area contributed by atoms with Crippen molar-refractivity contribution in [3.05, 3.63) is 0 Å². The van der Waals surface area contributed by atoms with Crippen LogP contribution in [0.2, 0.25) is 0 Å². The molecule has 0 radical (unpaired) electrons. The van der Waals surface area contributed by atoms with Gasteiger partial charge in [0.05, 0.1) is 6.10 Å². The second kappa shape index (κ2) is 4.13. The number of epoxide rings is 1. The van der Waals surface area contributed by atoms with Gasteiger partial charge in [0.25, 0.3) is 0 Å². The zero-order chi connectivity index (χ0) is 15.3. The van der Waals surface area contributed by atoms with Gasteiger partial charge in [0.15, 0.2) is 0 Å². The zero-order valence-corrected chi connectivity index (χ0v) is 15.0. The first-order chi connectivity index (χ1) is 10.4. The lowest BCUT2D eigenvalue weighted by molar-refractivity contribution is -0.101. The predicted molar refractivity (Wildman–Crippen MR) is 89.6 cm³/mol. The fourth-order valence-corrected chi connectivity index (χ4v) is 8.17. The molecular formula is C21H34O. The van der Waals surface area contributed by atoms with Crippen molar-refractivity contribution in [3.8, 4) is 0 Å². The van der Waals surface area contributed by atoms with E-state index in [1.807, 2.05) is 0 Å². The van der Waals surface area contributed by atoms with E-state index in [0.29, 0.717) is 22.5 Å². The van der Waals surface area contributed by atoms with Crippen molar-refractivity contribution >= 4 is 0 Å². The standard InChI is InChI=1S/C21H34O/c1-13-7-10-20(4)17-8-9-19(3)14(2)5-6-16(19)15(17)11-18-21(20,12-13)22-18/h13-18H,5-12H2,1-4H3/t13-,14-,15?,16?,17?,18-,19+,20+,21-/m0/s1. The van der Waals surface area contributed by atoms with Crippen LogP contribution in [0.3, 0.4) is 0 Å². The predicted octanol–water partition coefficient (Wildman–Crippen LogP) is 5.43. The second-order valence-corrected chi connectivity index (χ2v) is 10.4. The Morgan fingerprint density at radius 1 is 0.909 bits per heavy atom. The molecule has 3 unspecified atom stereocenters. The van der Waals surface area contributed by atoms with E-state index in [1.54, 1.807) is 0 Å². The van der Waals surface area contributed by atoms with Crippen LogP contribution in [0.1, 0.15) is 79.1 Å². The Morgan fingerprint density at radius 2 is 1.73 bits per heavy atom. The van der Waals surface area contributed by atoms with Gasteiger partial charge in [-0.3, -0.25) is 0 Å². The first-order valence-electron chi connectivity index (χ1n) is 10.1. The molecular weight excluding hydrogens is 268 g/mol. The van der Waals surface area contributed by atoms with Crippen molar-refractivity contribution < 1.29 is 4.74 Å². The number of hydrogen-bond donors (Lipinski definition) is 0. The maximum atomic E-state index is 6.54. The molecule has 124 valence electrons. The summed E-state index contributed by atoms with van der Waals surface area (Å²) < 4.78 is 6.54. The Balaban J connectivity index is 1.51. The van der Waals surface area contributed by atoms with Crippen LogP contribution in [-0.2, 0) is 4.74 Å². The third-order valence-corrected chi connectivity index (χ3v) is 9.81. The Labute approximate surface area is 136 Å². The highest BCUT2D eigenvalue weighted by atomic mass is 16.6. The van der Waals surface area contributed by atoms with Crippen molar-refractivity contribution in [3.63, 3.8) is 0 Å². The van der Waals surface area contributed by atoms with Crippen molar-refractivity contribution in [1.82, 2.24) is 0 Å². The molecule has 1 heteroatoms. The van der Waals surface area contributed by atoms with Gasteiger partial charge in [0.1, 0.15) is 5.60 Å². The molecule has 1 aliphatic heterocycles. The zero-order valence-electron chi connectivity index (χ0n) is 15.0. The minimum absolute atomic E-state index is 0.309. The van der Waals surface area contributed by atoms with Crippen LogP contribution in [0, 0.1) is 40.4 Å². The fraction of sp³-hybridized carbons (Fsp3) is 1.00. The van der Waals surface area contributed by atoms with Crippen LogP contribution in [-0.4, -0.2) is 11.7 Å². The van der Waals surface area contributed by atoms with Crippen molar-refractivity contribution in [2.75, 3.05) is 0 Å². The Kier molecular flexibility index (Phi) is 2.69. The molecule has 1 spiro atoms. The molecule has 0 aromatic heterocycles. The molecule has 4 saturated carbocycles. The van der Waals surface area contributed by atoms with Gasteiger partial charge in [0, 0.05) is 5.41 Å². The summed E-state index contributed by atoms with van der Waals surface area (Å²) in [5.74, 6) is 4.77. The van der Waals surface area contributed by atoms with E-state index >= 15 is 0 Å². The first-order valence-corrected chi connectivity index (χ1v) is 10.1. The van der Waals surface area contributed by atoms with Crippen molar-refractivity contribution in [1.29, 1.82) is 0 Å². The SMILES string of the molecule is C[C@H]1CC[C@]2(C)C3CC[C@@]4(C)C(CC[C@@H]4C)C3C[C@@H]3O[C@@]32C1. The van der Waals surface area contributed by atoms with Crippen LogP contribution in [0.4, 0.5) is 0 Å². The van der Waals surface area contributed by atoms with E-state index < -0.39 is 0 Å². The summed E-state index contributed by atoms with van der Waals surface area (Å²) in [6.07, 6.45) is 12.2. The molecule has 5 aliphatic rings. The van der Waals surface area contributed by atoms with E-state index in [0.717, 1.165) is 29.6 Å². The summed E-state index contributed by atoms with van der Waals surface area (Å²) in [6, 6.07) is 0. The fourth-order valence-electron chi connectivity index (χ4n) is 8.17. The number of ether oxygens (including phenoxy) is 1. The van der Waals surface area contributed by atoms with Crippen LogP contribution in [0.25, 0.3) is 0 Å². The van der Waals surface area contributed by atoms with E-state index in [9.17, 15) is 0 Å². The smallest absolute Gasteiger partial charge is 0.101 e. The molecule has 4 aliphatic carbocycles. The molecule has 1 saturated heterocycles. The molecule has 0 aromatic carbocycles. The maximum Gasteiger partial charge on any atom is 0.101 e. The molecule has 0 aromatic rings. The van der Waals surface area contributed by atoms with Crippen LogP contribution >= 0.6 is 0 Å². The van der Waals surface area contributed by atoms with E-state index in [-0.39, 0.29) is 0 Å². The molecule has 22 heavy (non-hydrogen) atoms. The van der Waals surface area contributed by atoms with E-state index in [4.69, 9.17) is 4.74 Å². The average molecular weight is 303 g/mol. The van der Waals surface area contributed by atoms with Crippen molar-refractivity contribution in [2.45, 2.75) is 90.8 Å². The van der Waals surface area contributed by atoms with Gasteiger partial charge in [0.2, 0.25) is 0 Å². The average Bonchev–Trinajstić information content (AvgIpc) is 3.08. The summed E-state index contributed by atoms with van der Waals surface area (Å²) in [6.45, 7) is 10.3. The highest BCUT2D eigenvalue weighted by molar-refractivity contribution is 5.23. The van der Waals surface area contributed by atoms with Gasteiger partial charge in [-0.15, -0.1) is 0 Å². The molecule has 1 heterocycles. The van der Waals surface area contributed by atoms with Gasteiger partial charge in [-0.05, 0) is 86.4 Å². The van der Waals surface area contributed by atoms with Gasteiger partial charge < -0.3 is 4.74 Å². The molecule has 1 nitrogen and oxygen atoms in total. The molecule has 5 rings (SSSR count). The third-order valence-electron chi connectivity index (χ3n) is 9.81. The van der Waals surface area contributed by atoms with Crippen LogP contribution < -0.4 is 0 Å². The van der Waals surface area contributed by atoms with Crippen LogP contribution in [0.5, 0.6) is 0 Å². The Morgan fingerprint density at radius 3 is 2.55 bits per heavy atom. The lowest BCUT2D eigenvalue weighted by atomic mass is 9.44. The summed E-state index contributed by atoms with van der Waals surface area (Å²) >= 11 is 0. The highest BCUT2D eigenvalue weighted by Gasteiger charge is 2.75. The molecule has 0 bridgehead atoms. The maximum absolute atomic E-state index is 6.54. The minimum atomic E-state index is 0.309. The van der Waals surface area contributed by atoms with Crippen molar-refractivity contribution in [2.24, 2.45) is 40.4 Å². The lowest BCUT2D eigenvalue weighted by Gasteiger charge is -2.59. The number of hydrogen-bond acceptors (Lipinski definition) is 1. The summed E-state index contributed by atoms with van der Waals surface area (Å²) in [5, 5.41) is 0. The third kappa shape index (κ3) is 1.47. The largest absolute Gasteiger partial charge is 0.365 e. The number of fused-ring (bicyclic) bond motifs is 4. The topological polar surface area (TPSA) is 12.5 Å². The normalized spacial score (nSPS) is 66.0. The number of rotatable bonds is 0. The van der Waals surface area contributed by atoms with Gasteiger partial charge >= 0.3 is 0 Å². The monoisotopic (exact) mass is 302 g/mol. The summed E-state index contributed by atoms with van der Waals surface area (Å²) in [4.78, 5) is 0. The molecule has 0 amide bonds. The van der Waals surface area contributed by atoms with E-state index in [1.165, 1.54) is 51.4 Å². The Hall–Kier alpha value is -0.0400. The van der Waals surface area contributed by atoms with E-state index in [2.05, 4.69) is 27.7 Å². The molecule has 9 atom stereocenters. The summed E-state index contributed by atoms with van der Waals surface area (Å²) in [7, 11) is 0. The minimum Gasteiger partial charge on any atom is -0.365 e. The second-order valence-electron chi connectivity index (χ2n) is 10.4. The lowest BCUT2D eigenvalue weighted by Crippen LogP contribution is -2.57. The summed E-state index contributed by atoms with van der Waals surface area (Å²) in [5.41, 5.74) is 1.46. The van der Waals surface area contributed by atoms with Crippen LogP contribution in [0.15, 0.2) is 0 Å². The van der Waals surface area contributed by atoms with Gasteiger partial charge in [-0.2, -0.15) is 0 Å². The molecule has 0 N–H and O–H groups in total. The molecule has 5 fully saturated rings. The highest BCUT2D eigenvalue weighted by Crippen LogP contribution is 2.74. The Bertz CT molecular complexity index is 500. The first kappa shape index (κ1) is 14.3. The van der Waals surface area contributed by atoms with Gasteiger partial charge in [-0.1, -0.05) is 27.7 Å². The van der Waals surface area contributed by atoms with Gasteiger partial charge in [-0.25, -0.2) is 0 Å². The quantitative estimate of drug-likeness (QED) is 0.543.